The summed E-state index contributed by atoms with van der Waals surface area (Å²) in [6.07, 6.45) is 6.17. The molecule has 104 valence electrons. The molecular formula is C18H25I. The van der Waals surface area contributed by atoms with E-state index in [1.54, 1.807) is 5.57 Å². The summed E-state index contributed by atoms with van der Waals surface area (Å²) in [6, 6.07) is 9.02. The van der Waals surface area contributed by atoms with E-state index in [1.165, 1.54) is 30.4 Å². The van der Waals surface area contributed by atoms with Crippen molar-refractivity contribution in [1.29, 1.82) is 0 Å². The maximum absolute atomic E-state index is 2.64. The number of rotatable bonds is 3. The first-order valence-electron chi connectivity index (χ1n) is 7.27. The third kappa shape index (κ3) is 3.42. The van der Waals surface area contributed by atoms with E-state index in [-0.39, 0.29) is 0 Å². The van der Waals surface area contributed by atoms with Crippen LogP contribution in [0.4, 0.5) is 0 Å². The largest absolute Gasteiger partial charge is 0.0842 e. The monoisotopic (exact) mass is 368 g/mol. The molecule has 0 aromatic heterocycles. The van der Waals surface area contributed by atoms with Crippen LogP contribution in [0.2, 0.25) is 0 Å². The first-order valence-corrected chi connectivity index (χ1v) is 8.52. The number of hydrogen-bond acceptors (Lipinski definition) is 0. The average Bonchev–Trinajstić information content (AvgIpc) is 2.36. The van der Waals surface area contributed by atoms with Gasteiger partial charge in [-0.25, -0.2) is 0 Å². The summed E-state index contributed by atoms with van der Waals surface area (Å²) in [5, 5.41) is 0. The molecule has 1 aliphatic rings. The number of halogens is 1. The zero-order valence-electron chi connectivity index (χ0n) is 12.5. The van der Waals surface area contributed by atoms with Crippen molar-refractivity contribution in [2.45, 2.75) is 50.9 Å². The van der Waals surface area contributed by atoms with Crippen LogP contribution in [0.3, 0.4) is 0 Å². The van der Waals surface area contributed by atoms with Gasteiger partial charge in [-0.2, -0.15) is 0 Å². The number of alkyl halides is 1. The van der Waals surface area contributed by atoms with Gasteiger partial charge in [0.2, 0.25) is 0 Å². The van der Waals surface area contributed by atoms with Crippen molar-refractivity contribution >= 4 is 22.6 Å². The molecule has 0 saturated carbocycles. The van der Waals surface area contributed by atoms with E-state index in [1.807, 2.05) is 0 Å². The second-order valence-electron chi connectivity index (χ2n) is 6.55. The van der Waals surface area contributed by atoms with Gasteiger partial charge in [-0.05, 0) is 50.0 Å². The van der Waals surface area contributed by atoms with Crippen LogP contribution in [0.25, 0.3) is 0 Å². The van der Waals surface area contributed by atoms with Crippen molar-refractivity contribution in [2.24, 2.45) is 11.3 Å². The summed E-state index contributed by atoms with van der Waals surface area (Å²) in [7, 11) is 0. The standard InChI is InChI=1S/C18H25I/c1-13-5-8-15(9-6-13)10-11-16-14(2)7-12-17(19)18(16,3)4/h5-9,16-17H,10-12H2,1-4H3/t16-,17+/m1/s1. The molecule has 1 aliphatic carbocycles. The van der Waals surface area contributed by atoms with Crippen molar-refractivity contribution in [3.8, 4) is 0 Å². The Morgan fingerprint density at radius 2 is 1.79 bits per heavy atom. The van der Waals surface area contributed by atoms with Gasteiger partial charge in [0.05, 0.1) is 0 Å². The van der Waals surface area contributed by atoms with Gasteiger partial charge in [0, 0.05) is 3.92 Å². The highest BCUT2D eigenvalue weighted by atomic mass is 127. The molecule has 0 radical (unpaired) electrons. The third-order valence-corrected chi connectivity index (χ3v) is 6.86. The van der Waals surface area contributed by atoms with Gasteiger partial charge in [0.25, 0.3) is 0 Å². The molecule has 0 aliphatic heterocycles. The van der Waals surface area contributed by atoms with Crippen molar-refractivity contribution < 1.29 is 0 Å². The predicted octanol–water partition coefficient (Wildman–Crippen LogP) is 5.72. The molecule has 2 atom stereocenters. The lowest BCUT2D eigenvalue weighted by Crippen LogP contribution is -2.36. The van der Waals surface area contributed by atoms with Gasteiger partial charge in [-0.1, -0.05) is 77.9 Å². The molecule has 0 N–H and O–H groups in total. The second kappa shape index (κ2) is 5.99. The van der Waals surface area contributed by atoms with Crippen LogP contribution in [-0.4, -0.2) is 3.92 Å². The SMILES string of the molecule is CC1=CC[C@H](I)C(C)(C)[C@@H]1CCc1ccc(C)cc1. The van der Waals surface area contributed by atoms with Gasteiger partial charge < -0.3 is 0 Å². The first kappa shape index (κ1) is 15.1. The molecule has 0 heterocycles. The Bertz CT molecular complexity index is 453. The Labute approximate surface area is 131 Å². The van der Waals surface area contributed by atoms with Crippen LogP contribution in [0.1, 0.15) is 44.7 Å². The molecular weight excluding hydrogens is 343 g/mol. The zero-order valence-corrected chi connectivity index (χ0v) is 14.7. The highest BCUT2D eigenvalue weighted by Gasteiger charge is 2.38. The van der Waals surface area contributed by atoms with Crippen molar-refractivity contribution in [1.82, 2.24) is 0 Å². The van der Waals surface area contributed by atoms with E-state index >= 15 is 0 Å². The van der Waals surface area contributed by atoms with Crippen molar-refractivity contribution in [3.05, 3.63) is 47.0 Å². The smallest absolute Gasteiger partial charge is 0.0201 e. The molecule has 0 unspecified atom stereocenters. The van der Waals surface area contributed by atoms with E-state index in [9.17, 15) is 0 Å². The summed E-state index contributed by atoms with van der Waals surface area (Å²) in [5.41, 5.74) is 4.85. The highest BCUT2D eigenvalue weighted by molar-refractivity contribution is 14.1. The number of allylic oxidation sites excluding steroid dienone is 2. The summed E-state index contributed by atoms with van der Waals surface area (Å²) < 4.78 is 0.761. The summed E-state index contributed by atoms with van der Waals surface area (Å²) in [4.78, 5) is 0. The maximum atomic E-state index is 2.64. The number of aryl methyl sites for hydroxylation is 2. The molecule has 19 heavy (non-hydrogen) atoms. The van der Waals surface area contributed by atoms with Crippen LogP contribution in [0.15, 0.2) is 35.9 Å². The van der Waals surface area contributed by atoms with Gasteiger partial charge >= 0.3 is 0 Å². The van der Waals surface area contributed by atoms with E-state index in [0.717, 1.165) is 9.84 Å². The minimum absolute atomic E-state index is 0.421. The summed E-state index contributed by atoms with van der Waals surface area (Å²) in [6.45, 7) is 9.37. The van der Waals surface area contributed by atoms with E-state index < -0.39 is 0 Å². The first-order chi connectivity index (χ1) is 8.91. The van der Waals surface area contributed by atoms with Crippen LogP contribution >= 0.6 is 22.6 Å². The zero-order chi connectivity index (χ0) is 14.0. The van der Waals surface area contributed by atoms with E-state index in [2.05, 4.69) is 80.6 Å². The summed E-state index contributed by atoms with van der Waals surface area (Å²) in [5.74, 6) is 0.726. The number of benzene rings is 1. The van der Waals surface area contributed by atoms with E-state index in [4.69, 9.17) is 0 Å². The van der Waals surface area contributed by atoms with Crippen molar-refractivity contribution in [2.75, 3.05) is 0 Å². The van der Waals surface area contributed by atoms with Gasteiger partial charge in [0.1, 0.15) is 0 Å². The van der Waals surface area contributed by atoms with Gasteiger partial charge in [-0.3, -0.25) is 0 Å². The number of hydrogen-bond donors (Lipinski definition) is 0. The van der Waals surface area contributed by atoms with Crippen LogP contribution in [-0.2, 0) is 6.42 Å². The molecule has 0 bridgehead atoms. The topological polar surface area (TPSA) is 0 Å². The molecule has 2 rings (SSSR count). The normalized spacial score (nSPS) is 26.1. The van der Waals surface area contributed by atoms with Crippen LogP contribution < -0.4 is 0 Å². The highest BCUT2D eigenvalue weighted by Crippen LogP contribution is 2.46. The lowest BCUT2D eigenvalue weighted by Gasteiger charge is -2.42. The molecule has 0 amide bonds. The fourth-order valence-electron chi connectivity index (χ4n) is 3.21. The van der Waals surface area contributed by atoms with Crippen LogP contribution in [0.5, 0.6) is 0 Å². The van der Waals surface area contributed by atoms with Crippen LogP contribution in [0, 0.1) is 18.3 Å². The fraction of sp³-hybridized carbons (Fsp3) is 0.556. The Kier molecular flexibility index (Phi) is 4.75. The average molecular weight is 368 g/mol. The lowest BCUT2D eigenvalue weighted by molar-refractivity contribution is 0.221. The molecule has 0 fully saturated rings. The Morgan fingerprint density at radius 1 is 1.16 bits per heavy atom. The molecule has 0 nitrogen and oxygen atoms in total. The summed E-state index contributed by atoms with van der Waals surface area (Å²) >= 11 is 2.64. The third-order valence-electron chi connectivity index (χ3n) is 4.74. The Morgan fingerprint density at radius 3 is 2.42 bits per heavy atom. The Hall–Kier alpha value is -0.310. The minimum Gasteiger partial charge on any atom is -0.0842 e. The van der Waals surface area contributed by atoms with Gasteiger partial charge in [-0.15, -0.1) is 0 Å². The molecule has 0 spiro atoms. The molecule has 0 saturated heterocycles. The second-order valence-corrected chi connectivity index (χ2v) is 8.05. The molecule has 1 aromatic carbocycles. The predicted molar refractivity (Wildman–Crippen MR) is 93.0 cm³/mol. The van der Waals surface area contributed by atoms with E-state index in [0.29, 0.717) is 5.41 Å². The maximum Gasteiger partial charge on any atom is 0.0201 e. The van der Waals surface area contributed by atoms with Gasteiger partial charge in [0.15, 0.2) is 0 Å². The fourth-order valence-corrected chi connectivity index (χ4v) is 3.89. The Balaban J connectivity index is 2.07. The molecule has 1 heteroatoms. The minimum atomic E-state index is 0.421. The van der Waals surface area contributed by atoms with Crippen molar-refractivity contribution in [3.63, 3.8) is 0 Å². The molecule has 1 aromatic rings. The lowest BCUT2D eigenvalue weighted by atomic mass is 9.67. The quantitative estimate of drug-likeness (QED) is 0.363.